The van der Waals surface area contributed by atoms with E-state index in [0.717, 1.165) is 17.1 Å². The molecule has 6 heteroatoms. The van der Waals surface area contributed by atoms with Crippen LogP contribution in [0.5, 0.6) is 0 Å². The van der Waals surface area contributed by atoms with Crippen LogP contribution in [0.1, 0.15) is 33.4 Å². The highest BCUT2D eigenvalue weighted by atomic mass is 16.1. The minimum atomic E-state index is -0.0745. The average molecular weight is 287 g/mol. The molecule has 0 saturated carbocycles. The zero-order valence-electron chi connectivity index (χ0n) is 12.8. The van der Waals surface area contributed by atoms with Gasteiger partial charge in [0, 0.05) is 18.3 Å². The molecule has 0 aliphatic heterocycles. The Morgan fingerprint density at radius 2 is 1.81 bits per heavy atom. The summed E-state index contributed by atoms with van der Waals surface area (Å²) in [6.07, 6.45) is 1.94. The highest BCUT2D eigenvalue weighted by Gasteiger charge is 2.14. The fourth-order valence-electron chi connectivity index (χ4n) is 1.77. The molecule has 1 aromatic carbocycles. The summed E-state index contributed by atoms with van der Waals surface area (Å²) < 4.78 is 1.85. The van der Waals surface area contributed by atoms with Gasteiger partial charge in [-0.2, -0.15) is 0 Å². The lowest BCUT2D eigenvalue weighted by Gasteiger charge is -2.17. The van der Waals surface area contributed by atoms with Crippen LogP contribution in [0.25, 0.3) is 0 Å². The summed E-state index contributed by atoms with van der Waals surface area (Å²) in [4.78, 5) is 10.9. The number of nitrogens with one attached hydrogen (secondary N) is 2. The van der Waals surface area contributed by atoms with Crippen molar-refractivity contribution in [2.24, 2.45) is 0 Å². The Morgan fingerprint density at radius 1 is 1.19 bits per heavy atom. The molecule has 2 N–H and O–H groups in total. The molecular formula is C15H21N5O. The zero-order chi connectivity index (χ0) is 15.5. The van der Waals surface area contributed by atoms with E-state index >= 15 is 0 Å². The van der Waals surface area contributed by atoms with Crippen molar-refractivity contribution >= 4 is 17.3 Å². The molecule has 0 radical (unpaired) electrons. The maximum absolute atomic E-state index is 10.9. The van der Waals surface area contributed by atoms with Gasteiger partial charge in [0.05, 0.1) is 18.3 Å². The van der Waals surface area contributed by atoms with Crippen molar-refractivity contribution < 1.29 is 4.79 Å². The minimum Gasteiger partial charge on any atom is -0.379 e. The third-order valence-corrected chi connectivity index (χ3v) is 2.91. The SMILES string of the molecule is CC(=O)Nc1ccc(NCc2cn(C(C)(C)C)nn2)cc1. The standard InChI is InChI=1S/C15H21N5O/c1-11(21)17-13-7-5-12(6-8-13)16-9-14-10-20(19-18-14)15(2,3)4/h5-8,10,16H,9H2,1-4H3,(H,17,21). The Bertz CT molecular complexity index is 610. The molecule has 6 nitrogen and oxygen atoms in total. The number of amides is 1. The Hall–Kier alpha value is -2.37. The number of rotatable bonds is 4. The predicted molar refractivity (Wildman–Crippen MR) is 83.1 cm³/mol. The summed E-state index contributed by atoms with van der Waals surface area (Å²) >= 11 is 0. The monoisotopic (exact) mass is 287 g/mol. The van der Waals surface area contributed by atoms with E-state index in [4.69, 9.17) is 0 Å². The fraction of sp³-hybridized carbons (Fsp3) is 0.400. The van der Waals surface area contributed by atoms with Crippen molar-refractivity contribution in [1.82, 2.24) is 15.0 Å². The molecular weight excluding hydrogens is 266 g/mol. The first-order valence-electron chi connectivity index (χ1n) is 6.88. The summed E-state index contributed by atoms with van der Waals surface area (Å²) in [6.45, 7) is 8.35. The molecule has 112 valence electrons. The first-order valence-corrected chi connectivity index (χ1v) is 6.88. The summed E-state index contributed by atoms with van der Waals surface area (Å²) in [5.41, 5.74) is 2.57. The number of hydrogen-bond donors (Lipinski definition) is 2. The van der Waals surface area contributed by atoms with Gasteiger partial charge in [0.15, 0.2) is 0 Å². The van der Waals surface area contributed by atoms with Gasteiger partial charge < -0.3 is 10.6 Å². The van der Waals surface area contributed by atoms with E-state index < -0.39 is 0 Å². The molecule has 0 fully saturated rings. The molecule has 0 bridgehead atoms. The maximum atomic E-state index is 10.9. The molecule has 0 aliphatic rings. The van der Waals surface area contributed by atoms with Gasteiger partial charge in [-0.25, -0.2) is 4.68 Å². The number of nitrogens with zero attached hydrogens (tertiary/aromatic N) is 3. The molecule has 2 rings (SSSR count). The van der Waals surface area contributed by atoms with Crippen LogP contribution < -0.4 is 10.6 Å². The van der Waals surface area contributed by atoms with Gasteiger partial charge in [-0.15, -0.1) is 5.10 Å². The van der Waals surface area contributed by atoms with Gasteiger partial charge in [0.25, 0.3) is 0 Å². The van der Waals surface area contributed by atoms with Crippen LogP contribution >= 0.6 is 0 Å². The Labute approximate surface area is 124 Å². The number of anilines is 2. The predicted octanol–water partition coefficient (Wildman–Crippen LogP) is 2.60. The second-order valence-corrected chi connectivity index (χ2v) is 5.94. The van der Waals surface area contributed by atoms with Crippen LogP contribution in [0.15, 0.2) is 30.5 Å². The molecule has 0 unspecified atom stereocenters. The summed E-state index contributed by atoms with van der Waals surface area (Å²) in [5, 5.41) is 14.3. The average Bonchev–Trinajstić information content (AvgIpc) is 2.86. The first kappa shape index (κ1) is 15.0. The molecule has 0 saturated heterocycles. The highest BCUT2D eigenvalue weighted by molar-refractivity contribution is 5.88. The van der Waals surface area contributed by atoms with Crippen LogP contribution in [-0.2, 0) is 16.9 Å². The summed E-state index contributed by atoms with van der Waals surface area (Å²) in [5.74, 6) is -0.0745. The van der Waals surface area contributed by atoms with Gasteiger partial charge in [-0.3, -0.25) is 4.79 Å². The lowest BCUT2D eigenvalue weighted by Crippen LogP contribution is -2.22. The van der Waals surface area contributed by atoms with Gasteiger partial charge >= 0.3 is 0 Å². The fourth-order valence-corrected chi connectivity index (χ4v) is 1.77. The van der Waals surface area contributed by atoms with Crippen molar-refractivity contribution in [3.05, 3.63) is 36.2 Å². The number of carbonyl (C=O) groups is 1. The Balaban J connectivity index is 1.94. The van der Waals surface area contributed by atoms with Crippen LogP contribution in [0.2, 0.25) is 0 Å². The molecule has 21 heavy (non-hydrogen) atoms. The number of carbonyl (C=O) groups excluding carboxylic acids is 1. The third kappa shape index (κ3) is 4.30. The van der Waals surface area contributed by atoms with E-state index in [0.29, 0.717) is 6.54 Å². The normalized spacial score (nSPS) is 11.2. The second kappa shape index (κ2) is 5.95. The smallest absolute Gasteiger partial charge is 0.221 e. The first-order chi connectivity index (χ1) is 9.84. The van der Waals surface area contributed by atoms with Crippen LogP contribution in [-0.4, -0.2) is 20.9 Å². The van der Waals surface area contributed by atoms with Crippen molar-refractivity contribution in [2.75, 3.05) is 10.6 Å². The number of hydrogen-bond acceptors (Lipinski definition) is 4. The van der Waals surface area contributed by atoms with Gasteiger partial charge in [0.1, 0.15) is 5.69 Å². The van der Waals surface area contributed by atoms with Gasteiger partial charge in [0.2, 0.25) is 5.91 Å². The molecule has 1 heterocycles. The van der Waals surface area contributed by atoms with E-state index in [9.17, 15) is 4.79 Å². The van der Waals surface area contributed by atoms with Crippen LogP contribution in [0, 0.1) is 0 Å². The Morgan fingerprint density at radius 3 is 2.33 bits per heavy atom. The highest BCUT2D eigenvalue weighted by Crippen LogP contribution is 2.15. The molecule has 1 amide bonds. The van der Waals surface area contributed by atoms with E-state index in [2.05, 4.69) is 41.7 Å². The molecule has 1 aromatic heterocycles. The van der Waals surface area contributed by atoms with Crippen LogP contribution in [0.4, 0.5) is 11.4 Å². The van der Waals surface area contributed by atoms with Crippen molar-refractivity contribution in [3.8, 4) is 0 Å². The van der Waals surface area contributed by atoms with Gasteiger partial charge in [-0.05, 0) is 45.0 Å². The van der Waals surface area contributed by atoms with E-state index in [1.807, 2.05) is 35.1 Å². The van der Waals surface area contributed by atoms with Crippen molar-refractivity contribution in [2.45, 2.75) is 39.8 Å². The van der Waals surface area contributed by atoms with Gasteiger partial charge in [-0.1, -0.05) is 5.21 Å². The van der Waals surface area contributed by atoms with Crippen molar-refractivity contribution in [1.29, 1.82) is 0 Å². The van der Waals surface area contributed by atoms with E-state index in [-0.39, 0.29) is 11.4 Å². The maximum Gasteiger partial charge on any atom is 0.221 e. The second-order valence-electron chi connectivity index (χ2n) is 5.94. The Kier molecular flexibility index (Phi) is 4.26. The summed E-state index contributed by atoms with van der Waals surface area (Å²) in [7, 11) is 0. The summed E-state index contributed by atoms with van der Waals surface area (Å²) in [6, 6.07) is 7.55. The zero-order valence-corrected chi connectivity index (χ0v) is 12.8. The number of aromatic nitrogens is 3. The lowest BCUT2D eigenvalue weighted by atomic mass is 10.1. The molecule has 0 aliphatic carbocycles. The largest absolute Gasteiger partial charge is 0.379 e. The van der Waals surface area contributed by atoms with E-state index in [1.165, 1.54) is 6.92 Å². The lowest BCUT2D eigenvalue weighted by molar-refractivity contribution is -0.114. The molecule has 0 atom stereocenters. The number of benzene rings is 1. The molecule has 0 spiro atoms. The third-order valence-electron chi connectivity index (χ3n) is 2.91. The minimum absolute atomic E-state index is 0.0642. The molecule has 2 aromatic rings. The van der Waals surface area contributed by atoms with Crippen molar-refractivity contribution in [3.63, 3.8) is 0 Å². The van der Waals surface area contributed by atoms with E-state index in [1.54, 1.807) is 0 Å². The topological polar surface area (TPSA) is 71.8 Å². The quantitative estimate of drug-likeness (QED) is 0.906. The van der Waals surface area contributed by atoms with Crippen LogP contribution in [0.3, 0.4) is 0 Å².